The number of ether oxygens (including phenoxy) is 2. The first-order valence-corrected chi connectivity index (χ1v) is 12.5. The summed E-state index contributed by atoms with van der Waals surface area (Å²) in [5, 5.41) is 30.8. The van der Waals surface area contributed by atoms with Crippen LogP contribution in [0.4, 0.5) is 0 Å². The molecule has 2 aromatic carbocycles. The molecule has 3 atom stereocenters. The van der Waals surface area contributed by atoms with Crippen molar-refractivity contribution in [3.05, 3.63) is 82.6 Å². The van der Waals surface area contributed by atoms with E-state index in [-0.39, 0.29) is 22.6 Å². The van der Waals surface area contributed by atoms with E-state index in [1.54, 1.807) is 7.11 Å². The number of benzene rings is 2. The van der Waals surface area contributed by atoms with Crippen molar-refractivity contribution < 1.29 is 9.47 Å². The van der Waals surface area contributed by atoms with Crippen LogP contribution in [0, 0.1) is 56.7 Å². The van der Waals surface area contributed by atoms with Gasteiger partial charge >= 0.3 is 0 Å². The molecule has 6 heteroatoms. The Balaban J connectivity index is 1.82. The van der Waals surface area contributed by atoms with E-state index in [1.807, 2.05) is 48.5 Å². The van der Waals surface area contributed by atoms with Gasteiger partial charge in [0.25, 0.3) is 0 Å². The lowest BCUT2D eigenvalue weighted by Gasteiger charge is -2.47. The maximum absolute atomic E-state index is 10.4. The Labute approximate surface area is 219 Å². The van der Waals surface area contributed by atoms with Gasteiger partial charge in [0.05, 0.1) is 30.5 Å². The highest BCUT2D eigenvalue weighted by Crippen LogP contribution is 2.58. The van der Waals surface area contributed by atoms with E-state index in [4.69, 9.17) is 15.2 Å². The highest BCUT2D eigenvalue weighted by atomic mass is 16.5. The Morgan fingerprint density at radius 2 is 1.73 bits per heavy atom. The van der Waals surface area contributed by atoms with E-state index in [0.717, 1.165) is 29.5 Å². The molecule has 0 fully saturated rings. The maximum Gasteiger partial charge on any atom is 0.191 e. The molecule has 0 aliphatic heterocycles. The van der Waals surface area contributed by atoms with Crippen LogP contribution in [0.2, 0.25) is 0 Å². The Bertz CT molecular complexity index is 1350. The van der Waals surface area contributed by atoms with Crippen molar-refractivity contribution >= 4 is 0 Å². The fraction of sp³-hybridized carbons (Fsp3) is 0.387. The second-order valence-corrected chi connectivity index (χ2v) is 10.9. The Morgan fingerprint density at radius 1 is 1.03 bits per heavy atom. The lowest BCUT2D eigenvalue weighted by Crippen LogP contribution is -2.44. The predicted molar refractivity (Wildman–Crippen MR) is 141 cm³/mol. The minimum absolute atomic E-state index is 0.0286. The molecule has 0 spiro atoms. The Morgan fingerprint density at radius 3 is 2.32 bits per heavy atom. The van der Waals surface area contributed by atoms with Crippen LogP contribution in [0.1, 0.15) is 50.7 Å². The zero-order valence-electron chi connectivity index (χ0n) is 21.8. The first-order valence-electron chi connectivity index (χ1n) is 12.5. The first-order chi connectivity index (χ1) is 17.7. The van der Waals surface area contributed by atoms with Crippen molar-refractivity contribution in [1.82, 2.24) is 0 Å². The molecule has 0 radical (unpaired) electrons. The minimum Gasteiger partial charge on any atom is -0.493 e. The molecule has 188 valence electrons. The van der Waals surface area contributed by atoms with Crippen molar-refractivity contribution in [1.29, 1.82) is 15.8 Å². The van der Waals surface area contributed by atoms with Gasteiger partial charge in [0, 0.05) is 5.92 Å². The van der Waals surface area contributed by atoms with Gasteiger partial charge in [-0.2, -0.15) is 15.8 Å². The average molecular weight is 493 g/mol. The van der Waals surface area contributed by atoms with Crippen molar-refractivity contribution in [3.63, 3.8) is 0 Å². The fourth-order valence-electron chi connectivity index (χ4n) is 5.71. The molecule has 2 aliphatic carbocycles. The Hall–Kier alpha value is -4.21. The van der Waals surface area contributed by atoms with Crippen LogP contribution in [-0.2, 0) is 6.61 Å². The van der Waals surface area contributed by atoms with Gasteiger partial charge in [-0.1, -0.05) is 63.2 Å². The fourth-order valence-corrected chi connectivity index (χ4v) is 5.71. The van der Waals surface area contributed by atoms with Crippen molar-refractivity contribution in [3.8, 4) is 29.7 Å². The summed E-state index contributed by atoms with van der Waals surface area (Å²) in [4.78, 5) is 0. The summed E-state index contributed by atoms with van der Waals surface area (Å²) in [5.41, 5.74) is 7.76. The number of fused-ring (bicyclic) bond motifs is 1. The van der Waals surface area contributed by atoms with E-state index in [9.17, 15) is 15.8 Å². The normalized spacial score (nSPS) is 22.5. The third-order valence-corrected chi connectivity index (χ3v) is 7.89. The number of methoxy groups -OCH3 is 1. The smallest absolute Gasteiger partial charge is 0.191 e. The lowest BCUT2D eigenvalue weighted by atomic mass is 9.54. The van der Waals surface area contributed by atoms with Gasteiger partial charge in [0.1, 0.15) is 12.7 Å². The Kier molecular flexibility index (Phi) is 7.02. The molecule has 0 saturated carbocycles. The molecule has 0 aromatic heterocycles. The highest BCUT2D eigenvalue weighted by molar-refractivity contribution is 5.60. The molecule has 0 bridgehead atoms. The summed E-state index contributed by atoms with van der Waals surface area (Å²) in [6, 6.07) is 22.0. The van der Waals surface area contributed by atoms with Crippen LogP contribution in [0.15, 0.2) is 71.5 Å². The van der Waals surface area contributed by atoms with Gasteiger partial charge in [0.2, 0.25) is 0 Å². The van der Waals surface area contributed by atoms with Gasteiger partial charge in [0.15, 0.2) is 16.9 Å². The molecule has 2 aliphatic rings. The van der Waals surface area contributed by atoms with Crippen LogP contribution in [0.25, 0.3) is 0 Å². The van der Waals surface area contributed by atoms with Gasteiger partial charge in [-0.15, -0.1) is 0 Å². The molecule has 0 unspecified atom stereocenters. The zero-order valence-corrected chi connectivity index (χ0v) is 21.8. The number of rotatable bonds is 5. The van der Waals surface area contributed by atoms with E-state index in [1.165, 1.54) is 0 Å². The van der Waals surface area contributed by atoms with Crippen LogP contribution in [-0.4, -0.2) is 7.11 Å². The number of hydrogen-bond acceptors (Lipinski definition) is 6. The van der Waals surface area contributed by atoms with E-state index in [2.05, 4.69) is 45.1 Å². The predicted octanol–water partition coefficient (Wildman–Crippen LogP) is 6.14. The molecule has 0 saturated heterocycles. The van der Waals surface area contributed by atoms with Crippen molar-refractivity contribution in [2.24, 2.45) is 28.4 Å². The second-order valence-electron chi connectivity index (χ2n) is 10.9. The quantitative estimate of drug-likeness (QED) is 0.536. The molecule has 37 heavy (non-hydrogen) atoms. The largest absolute Gasteiger partial charge is 0.493 e. The maximum atomic E-state index is 10.4. The SMILES string of the molecule is COc1cc([C@@H]2[C@H]3C[C@H](C(C)(C)C)CC=C3C(C#N)=C(N)C2(C#N)C#N)ccc1OCc1ccccc1. The van der Waals surface area contributed by atoms with Crippen molar-refractivity contribution in [2.45, 2.75) is 46.1 Å². The molecular weight excluding hydrogens is 460 g/mol. The number of nitriles is 3. The van der Waals surface area contributed by atoms with Gasteiger partial charge < -0.3 is 15.2 Å². The van der Waals surface area contributed by atoms with Crippen LogP contribution >= 0.6 is 0 Å². The van der Waals surface area contributed by atoms with Gasteiger partial charge in [-0.3, -0.25) is 0 Å². The third kappa shape index (κ3) is 4.54. The summed E-state index contributed by atoms with van der Waals surface area (Å²) in [5.74, 6) is 0.640. The van der Waals surface area contributed by atoms with E-state index < -0.39 is 11.3 Å². The molecule has 2 aromatic rings. The van der Waals surface area contributed by atoms with Crippen LogP contribution < -0.4 is 15.2 Å². The average Bonchev–Trinajstić information content (AvgIpc) is 2.91. The summed E-state index contributed by atoms with van der Waals surface area (Å²) in [6.45, 7) is 6.98. The standard InChI is InChI=1S/C31H32N4O2/c1-30(2,3)22-11-12-23-24(15-22)28(31(18-33,19-34)29(35)25(23)16-32)21-10-13-26(27(14-21)36-4)37-17-20-8-6-5-7-9-20/h5-10,12-14,22,24,28H,11,15,17,35H2,1-4H3/t22-,24+,28-/m1/s1. The minimum atomic E-state index is -1.68. The van der Waals surface area contributed by atoms with Crippen LogP contribution in [0.5, 0.6) is 11.5 Å². The number of hydrogen-bond donors (Lipinski definition) is 1. The van der Waals surface area contributed by atoms with Crippen LogP contribution in [0.3, 0.4) is 0 Å². The first kappa shape index (κ1) is 25.9. The van der Waals surface area contributed by atoms with E-state index >= 15 is 0 Å². The molecule has 2 N–H and O–H groups in total. The van der Waals surface area contributed by atoms with Gasteiger partial charge in [-0.05, 0) is 58.9 Å². The molecule has 6 nitrogen and oxygen atoms in total. The molecule has 0 heterocycles. The third-order valence-electron chi connectivity index (χ3n) is 7.89. The van der Waals surface area contributed by atoms with E-state index in [0.29, 0.717) is 24.0 Å². The number of nitrogens with zero attached hydrogens (tertiary/aromatic N) is 3. The van der Waals surface area contributed by atoms with Gasteiger partial charge in [-0.25, -0.2) is 0 Å². The lowest BCUT2D eigenvalue weighted by molar-refractivity contribution is 0.170. The molecule has 4 rings (SSSR count). The molecule has 0 amide bonds. The summed E-state index contributed by atoms with van der Waals surface area (Å²) >= 11 is 0. The monoisotopic (exact) mass is 492 g/mol. The summed E-state index contributed by atoms with van der Waals surface area (Å²) in [6.07, 6.45) is 3.66. The molecular formula is C31H32N4O2. The zero-order chi connectivity index (χ0) is 26.8. The summed E-state index contributed by atoms with van der Waals surface area (Å²) in [7, 11) is 1.57. The second kappa shape index (κ2) is 10.0. The van der Waals surface area contributed by atoms with Crippen molar-refractivity contribution in [2.75, 3.05) is 7.11 Å². The highest BCUT2D eigenvalue weighted by Gasteiger charge is 2.55. The number of nitrogens with two attached hydrogens (primary N) is 1. The number of allylic oxidation sites excluding steroid dienone is 4. The summed E-state index contributed by atoms with van der Waals surface area (Å²) < 4.78 is 11.7. The topological polar surface area (TPSA) is 116 Å².